The van der Waals surface area contributed by atoms with E-state index in [4.69, 9.17) is 9.63 Å². The Balaban J connectivity index is 2.43. The zero-order valence-electron chi connectivity index (χ0n) is 8.15. The highest BCUT2D eigenvalue weighted by molar-refractivity contribution is 5.73. The molecule has 0 bridgehead atoms. The van der Waals surface area contributed by atoms with Gasteiger partial charge in [0.05, 0.1) is 6.54 Å². The Morgan fingerprint density at radius 1 is 1.71 bits per heavy atom. The van der Waals surface area contributed by atoms with Gasteiger partial charge in [0.2, 0.25) is 5.89 Å². The number of hydrogen-bond acceptors (Lipinski definition) is 5. The number of nitrogens with zero attached hydrogens (tertiary/aromatic N) is 2. The molecule has 1 aromatic rings. The van der Waals surface area contributed by atoms with E-state index < -0.39 is 12.0 Å². The van der Waals surface area contributed by atoms with Gasteiger partial charge in [-0.25, -0.2) is 0 Å². The first-order chi connectivity index (χ1) is 6.63. The molecule has 0 amide bonds. The quantitative estimate of drug-likeness (QED) is 0.710. The highest BCUT2D eigenvalue weighted by Crippen LogP contribution is 1.97. The standard InChI is InChI=1S/C8H13N3O3/c1-3-6(8(12)13)9-4-7-10-5(2)14-11-7/h6,9H,3-4H2,1-2H3,(H,12,13). The van der Waals surface area contributed by atoms with Crippen molar-refractivity contribution in [2.45, 2.75) is 32.9 Å². The lowest BCUT2D eigenvalue weighted by Crippen LogP contribution is -2.35. The van der Waals surface area contributed by atoms with E-state index in [1.54, 1.807) is 13.8 Å². The molecule has 0 aromatic carbocycles. The highest BCUT2D eigenvalue weighted by Gasteiger charge is 2.14. The van der Waals surface area contributed by atoms with Crippen molar-refractivity contribution in [2.75, 3.05) is 0 Å². The fraction of sp³-hybridized carbons (Fsp3) is 0.625. The Hall–Kier alpha value is -1.43. The molecule has 0 fully saturated rings. The molecule has 6 nitrogen and oxygen atoms in total. The van der Waals surface area contributed by atoms with Crippen LogP contribution in [0.15, 0.2) is 4.52 Å². The number of aryl methyl sites for hydroxylation is 1. The lowest BCUT2D eigenvalue weighted by molar-refractivity contribution is -0.139. The maximum absolute atomic E-state index is 10.6. The lowest BCUT2D eigenvalue weighted by Gasteiger charge is -2.09. The molecule has 1 heterocycles. The van der Waals surface area contributed by atoms with Crippen LogP contribution in [0.2, 0.25) is 0 Å². The van der Waals surface area contributed by atoms with E-state index in [0.717, 1.165) is 0 Å². The van der Waals surface area contributed by atoms with Crippen molar-refractivity contribution in [3.05, 3.63) is 11.7 Å². The highest BCUT2D eigenvalue weighted by atomic mass is 16.5. The Kier molecular flexibility index (Phi) is 3.58. The van der Waals surface area contributed by atoms with Crippen LogP contribution >= 0.6 is 0 Å². The van der Waals surface area contributed by atoms with Crippen LogP contribution in [0, 0.1) is 6.92 Å². The topological polar surface area (TPSA) is 88.3 Å². The Labute approximate surface area is 81.3 Å². The van der Waals surface area contributed by atoms with Crippen molar-refractivity contribution >= 4 is 5.97 Å². The minimum atomic E-state index is -0.868. The summed E-state index contributed by atoms with van der Waals surface area (Å²) < 4.78 is 4.74. The smallest absolute Gasteiger partial charge is 0.320 e. The molecule has 1 rings (SSSR count). The van der Waals surface area contributed by atoms with E-state index in [9.17, 15) is 4.79 Å². The molecule has 0 saturated heterocycles. The van der Waals surface area contributed by atoms with Gasteiger partial charge in [-0.15, -0.1) is 0 Å². The van der Waals surface area contributed by atoms with Gasteiger partial charge in [-0.3, -0.25) is 10.1 Å². The zero-order chi connectivity index (χ0) is 10.6. The molecule has 2 N–H and O–H groups in total. The van der Waals surface area contributed by atoms with E-state index >= 15 is 0 Å². The number of carboxylic acid groups (broad SMARTS) is 1. The second-order valence-corrected chi connectivity index (χ2v) is 2.91. The van der Waals surface area contributed by atoms with Crippen LogP contribution < -0.4 is 5.32 Å². The second-order valence-electron chi connectivity index (χ2n) is 2.91. The largest absolute Gasteiger partial charge is 0.480 e. The first-order valence-electron chi connectivity index (χ1n) is 4.39. The third-order valence-electron chi connectivity index (χ3n) is 1.78. The van der Waals surface area contributed by atoms with Crippen LogP contribution in [0.1, 0.15) is 25.1 Å². The van der Waals surface area contributed by atoms with Gasteiger partial charge in [-0.2, -0.15) is 4.98 Å². The van der Waals surface area contributed by atoms with Crippen LogP contribution in [0.25, 0.3) is 0 Å². The summed E-state index contributed by atoms with van der Waals surface area (Å²) in [7, 11) is 0. The van der Waals surface area contributed by atoms with Crippen LogP contribution in [-0.4, -0.2) is 27.3 Å². The van der Waals surface area contributed by atoms with E-state index in [0.29, 0.717) is 24.7 Å². The van der Waals surface area contributed by atoms with Gasteiger partial charge in [-0.05, 0) is 6.42 Å². The second kappa shape index (κ2) is 4.71. The van der Waals surface area contributed by atoms with Crippen molar-refractivity contribution < 1.29 is 14.4 Å². The van der Waals surface area contributed by atoms with Gasteiger partial charge in [0.15, 0.2) is 5.82 Å². The molecule has 0 spiro atoms. The molecule has 6 heteroatoms. The normalized spacial score (nSPS) is 12.7. The van der Waals surface area contributed by atoms with E-state index in [2.05, 4.69) is 15.5 Å². The fourth-order valence-corrected chi connectivity index (χ4v) is 1.03. The molecule has 0 aliphatic rings. The molecule has 1 unspecified atom stereocenters. The number of hydrogen-bond donors (Lipinski definition) is 2. The average molecular weight is 199 g/mol. The molecule has 1 atom stereocenters. The number of aromatic nitrogens is 2. The molecule has 78 valence electrons. The Bertz CT molecular complexity index is 311. The minimum Gasteiger partial charge on any atom is -0.480 e. The maximum atomic E-state index is 10.6. The number of rotatable bonds is 5. The molecule has 1 aromatic heterocycles. The number of aliphatic carboxylic acids is 1. The minimum absolute atomic E-state index is 0.308. The third-order valence-corrected chi connectivity index (χ3v) is 1.78. The molecule has 0 saturated carbocycles. The monoisotopic (exact) mass is 199 g/mol. The summed E-state index contributed by atoms with van der Waals surface area (Å²) >= 11 is 0. The van der Waals surface area contributed by atoms with Crippen molar-refractivity contribution in [3.63, 3.8) is 0 Å². The number of carbonyl (C=O) groups is 1. The molecular formula is C8H13N3O3. The third kappa shape index (κ3) is 2.81. The van der Waals surface area contributed by atoms with Gasteiger partial charge in [0.25, 0.3) is 0 Å². The number of carboxylic acids is 1. The van der Waals surface area contributed by atoms with Gasteiger partial charge >= 0.3 is 5.97 Å². The predicted molar refractivity (Wildman–Crippen MR) is 47.6 cm³/mol. The summed E-state index contributed by atoms with van der Waals surface area (Å²) in [4.78, 5) is 14.6. The first kappa shape index (κ1) is 10.6. The Morgan fingerprint density at radius 3 is 2.86 bits per heavy atom. The van der Waals surface area contributed by atoms with Crippen LogP contribution in [0.3, 0.4) is 0 Å². The van der Waals surface area contributed by atoms with E-state index in [1.807, 2.05) is 0 Å². The molecule has 14 heavy (non-hydrogen) atoms. The number of nitrogens with one attached hydrogen (secondary N) is 1. The molecule has 0 radical (unpaired) electrons. The Morgan fingerprint density at radius 2 is 2.43 bits per heavy atom. The van der Waals surface area contributed by atoms with Gasteiger partial charge < -0.3 is 9.63 Å². The predicted octanol–water partition coefficient (Wildman–Crippen LogP) is 0.331. The first-order valence-corrected chi connectivity index (χ1v) is 4.39. The van der Waals surface area contributed by atoms with Crippen molar-refractivity contribution in [3.8, 4) is 0 Å². The zero-order valence-corrected chi connectivity index (χ0v) is 8.15. The van der Waals surface area contributed by atoms with E-state index in [1.165, 1.54) is 0 Å². The summed E-state index contributed by atoms with van der Waals surface area (Å²) in [6.45, 7) is 3.79. The molecule has 0 aliphatic heterocycles. The SMILES string of the molecule is CCC(NCc1noc(C)n1)C(=O)O. The van der Waals surface area contributed by atoms with Crippen LogP contribution in [0.4, 0.5) is 0 Å². The lowest BCUT2D eigenvalue weighted by atomic mass is 10.2. The van der Waals surface area contributed by atoms with Crippen LogP contribution in [0.5, 0.6) is 0 Å². The molecule has 0 aliphatic carbocycles. The van der Waals surface area contributed by atoms with Crippen molar-refractivity contribution in [1.29, 1.82) is 0 Å². The summed E-state index contributed by atoms with van der Waals surface area (Å²) in [5, 5.41) is 15.2. The summed E-state index contributed by atoms with van der Waals surface area (Å²) in [5.74, 6) is 0.0834. The van der Waals surface area contributed by atoms with Gasteiger partial charge in [0, 0.05) is 6.92 Å². The summed E-state index contributed by atoms with van der Waals surface area (Å²) in [6, 6.07) is -0.561. The van der Waals surface area contributed by atoms with E-state index in [-0.39, 0.29) is 0 Å². The summed E-state index contributed by atoms with van der Waals surface area (Å²) in [6.07, 6.45) is 0.520. The maximum Gasteiger partial charge on any atom is 0.320 e. The van der Waals surface area contributed by atoms with Gasteiger partial charge in [0.1, 0.15) is 6.04 Å². The fourth-order valence-electron chi connectivity index (χ4n) is 1.03. The van der Waals surface area contributed by atoms with Crippen molar-refractivity contribution in [2.24, 2.45) is 0 Å². The summed E-state index contributed by atoms with van der Waals surface area (Å²) in [5.41, 5.74) is 0. The van der Waals surface area contributed by atoms with Crippen LogP contribution in [-0.2, 0) is 11.3 Å². The molecular weight excluding hydrogens is 186 g/mol. The van der Waals surface area contributed by atoms with Gasteiger partial charge in [-0.1, -0.05) is 12.1 Å². The van der Waals surface area contributed by atoms with Crippen molar-refractivity contribution in [1.82, 2.24) is 15.5 Å². The average Bonchev–Trinajstić information content (AvgIpc) is 2.52.